The fourth-order valence-electron chi connectivity index (χ4n) is 8.36. The first-order valence-electron chi connectivity index (χ1n) is 31.7. The molecule has 0 aromatic heterocycles. The number of carbonyl (C=O) groups is 3. The van der Waals surface area contributed by atoms with Crippen LogP contribution in [0.25, 0.3) is 0 Å². The molecule has 0 radical (unpaired) electrons. The zero-order valence-electron chi connectivity index (χ0n) is 49.9. The van der Waals surface area contributed by atoms with E-state index in [0.29, 0.717) is 19.3 Å². The van der Waals surface area contributed by atoms with Gasteiger partial charge in [0.25, 0.3) is 0 Å². The van der Waals surface area contributed by atoms with Gasteiger partial charge in [0.1, 0.15) is 13.2 Å². The summed E-state index contributed by atoms with van der Waals surface area (Å²) in [6.45, 7) is 6.45. The average molecular weight is 1070 g/mol. The standard InChI is InChI=1S/C71H116O6/c1-4-7-10-13-16-19-22-25-26-27-28-29-30-31-32-33-34-35-36-37-38-39-40-41-42-43-44-45-46-47-50-52-55-58-61-64-70(73)76-67-68(77-71(74)65-62-59-56-53-49-24-21-18-15-12-9-6-3)66-75-69(72)63-60-57-54-51-48-23-20-17-14-11-8-5-2/h7,10,16-21,25-26,28-29,31-32,34-35,37-38,40-41,43-44,68H,4-6,8-9,11-15,22-24,27,30,33,36,39,42,45-67H2,1-3H3/b10-7-,19-16-,20-17-,21-18-,26-25-,29-28-,32-31-,35-34-,38-37-,41-40-,44-43-. The van der Waals surface area contributed by atoms with E-state index in [4.69, 9.17) is 14.2 Å². The van der Waals surface area contributed by atoms with Gasteiger partial charge in [-0.2, -0.15) is 0 Å². The van der Waals surface area contributed by atoms with Crippen molar-refractivity contribution in [3.8, 4) is 0 Å². The van der Waals surface area contributed by atoms with E-state index in [-0.39, 0.29) is 31.1 Å². The predicted octanol–water partition coefficient (Wildman–Crippen LogP) is 21.8. The molecule has 0 bridgehead atoms. The molecule has 436 valence electrons. The molecule has 77 heavy (non-hydrogen) atoms. The highest BCUT2D eigenvalue weighted by Gasteiger charge is 2.19. The van der Waals surface area contributed by atoms with Crippen molar-refractivity contribution in [3.05, 3.63) is 134 Å². The summed E-state index contributed by atoms with van der Waals surface area (Å²) in [5.41, 5.74) is 0. The van der Waals surface area contributed by atoms with Gasteiger partial charge in [0.05, 0.1) is 0 Å². The monoisotopic (exact) mass is 1060 g/mol. The van der Waals surface area contributed by atoms with Crippen molar-refractivity contribution in [1.29, 1.82) is 0 Å². The smallest absolute Gasteiger partial charge is 0.306 e. The Morgan fingerprint density at radius 1 is 0.273 bits per heavy atom. The molecule has 1 atom stereocenters. The maximum atomic E-state index is 12.8. The van der Waals surface area contributed by atoms with Crippen molar-refractivity contribution in [2.45, 2.75) is 284 Å². The summed E-state index contributed by atoms with van der Waals surface area (Å²) >= 11 is 0. The second-order valence-electron chi connectivity index (χ2n) is 20.6. The van der Waals surface area contributed by atoms with E-state index in [2.05, 4.69) is 154 Å². The average Bonchev–Trinajstić information content (AvgIpc) is 3.43. The molecule has 6 heteroatoms. The molecule has 0 spiro atoms. The minimum absolute atomic E-state index is 0.0909. The van der Waals surface area contributed by atoms with Crippen LogP contribution in [0.5, 0.6) is 0 Å². The Balaban J connectivity index is 4.22. The third-order valence-electron chi connectivity index (χ3n) is 13.1. The van der Waals surface area contributed by atoms with E-state index in [1.807, 2.05) is 0 Å². The van der Waals surface area contributed by atoms with Crippen molar-refractivity contribution in [1.82, 2.24) is 0 Å². The number of esters is 3. The highest BCUT2D eigenvalue weighted by molar-refractivity contribution is 5.71. The molecule has 6 nitrogen and oxygen atoms in total. The fraction of sp³-hybridized carbons (Fsp3) is 0.648. The van der Waals surface area contributed by atoms with Gasteiger partial charge in [0.2, 0.25) is 0 Å². The highest BCUT2D eigenvalue weighted by atomic mass is 16.6. The lowest BCUT2D eigenvalue weighted by Crippen LogP contribution is -2.30. The maximum absolute atomic E-state index is 12.8. The summed E-state index contributed by atoms with van der Waals surface area (Å²) in [7, 11) is 0. The predicted molar refractivity (Wildman–Crippen MR) is 334 cm³/mol. The van der Waals surface area contributed by atoms with E-state index in [1.54, 1.807) is 0 Å². The molecule has 0 fully saturated rings. The third-order valence-corrected chi connectivity index (χ3v) is 13.1. The summed E-state index contributed by atoms with van der Waals surface area (Å²) in [6, 6.07) is 0. The third kappa shape index (κ3) is 62.3. The molecule has 1 unspecified atom stereocenters. The first-order valence-corrected chi connectivity index (χ1v) is 31.7. The molecule has 0 saturated carbocycles. The van der Waals surface area contributed by atoms with Crippen LogP contribution in [-0.2, 0) is 28.6 Å². The van der Waals surface area contributed by atoms with Gasteiger partial charge >= 0.3 is 17.9 Å². The lowest BCUT2D eigenvalue weighted by molar-refractivity contribution is -0.167. The molecule has 0 aliphatic heterocycles. The largest absolute Gasteiger partial charge is 0.462 e. The minimum Gasteiger partial charge on any atom is -0.462 e. The SMILES string of the molecule is CC/C=C\C/C=C\C/C=C\C/C=C\C/C=C\C/C=C\C/C=C\C/C=C\C/C=C\CCCCCCCCCC(=O)OCC(COC(=O)CCCCCCC/C=C\CCCCC)OC(=O)CCCCCCC/C=C\CCCCC. The van der Waals surface area contributed by atoms with Gasteiger partial charge in [-0.3, -0.25) is 14.4 Å². The topological polar surface area (TPSA) is 78.9 Å². The number of ether oxygens (including phenoxy) is 3. The van der Waals surface area contributed by atoms with Crippen LogP contribution in [0.1, 0.15) is 278 Å². The Morgan fingerprint density at radius 3 is 0.805 bits per heavy atom. The zero-order chi connectivity index (χ0) is 55.7. The van der Waals surface area contributed by atoms with Crippen LogP contribution in [0.4, 0.5) is 0 Å². The Hall–Kier alpha value is -4.45. The van der Waals surface area contributed by atoms with E-state index in [0.717, 1.165) is 141 Å². The van der Waals surface area contributed by atoms with Crippen LogP contribution < -0.4 is 0 Å². The number of allylic oxidation sites excluding steroid dienone is 22. The molecule has 0 amide bonds. The number of unbranched alkanes of at least 4 members (excludes halogenated alkanes) is 23. The molecule has 0 saturated heterocycles. The summed E-state index contributed by atoms with van der Waals surface area (Å²) in [6.07, 6.45) is 90.3. The van der Waals surface area contributed by atoms with E-state index < -0.39 is 6.10 Å². The van der Waals surface area contributed by atoms with E-state index in [9.17, 15) is 14.4 Å². The molecule has 0 aliphatic carbocycles. The maximum Gasteiger partial charge on any atom is 0.306 e. The summed E-state index contributed by atoms with van der Waals surface area (Å²) in [5.74, 6) is -0.921. The summed E-state index contributed by atoms with van der Waals surface area (Å²) in [4.78, 5) is 38.1. The quantitative estimate of drug-likeness (QED) is 0.0261. The van der Waals surface area contributed by atoms with Gasteiger partial charge in [0.15, 0.2) is 6.10 Å². The molecule has 0 aromatic carbocycles. The van der Waals surface area contributed by atoms with Gasteiger partial charge in [-0.05, 0) is 141 Å². The Kier molecular flexibility index (Phi) is 60.4. The Labute approximate surface area is 475 Å². The number of carbonyl (C=O) groups excluding carboxylic acids is 3. The Bertz CT molecular complexity index is 1650. The normalized spacial score (nSPS) is 13.0. The van der Waals surface area contributed by atoms with Crippen molar-refractivity contribution in [2.24, 2.45) is 0 Å². The van der Waals surface area contributed by atoms with Crippen LogP contribution >= 0.6 is 0 Å². The van der Waals surface area contributed by atoms with Crippen molar-refractivity contribution < 1.29 is 28.6 Å². The van der Waals surface area contributed by atoms with Crippen LogP contribution in [0.15, 0.2) is 134 Å². The number of hydrogen-bond donors (Lipinski definition) is 0. The molecule has 0 aromatic rings. The van der Waals surface area contributed by atoms with E-state index in [1.165, 1.54) is 96.3 Å². The second kappa shape index (κ2) is 64.1. The Morgan fingerprint density at radius 2 is 0.506 bits per heavy atom. The highest BCUT2D eigenvalue weighted by Crippen LogP contribution is 2.14. The second-order valence-corrected chi connectivity index (χ2v) is 20.6. The summed E-state index contributed by atoms with van der Waals surface area (Å²) < 4.78 is 16.8. The molecular weight excluding hydrogens is 949 g/mol. The first kappa shape index (κ1) is 72.5. The first-order chi connectivity index (χ1) is 38.0. The van der Waals surface area contributed by atoms with E-state index >= 15 is 0 Å². The van der Waals surface area contributed by atoms with Gasteiger partial charge in [0, 0.05) is 19.3 Å². The number of hydrogen-bond acceptors (Lipinski definition) is 6. The van der Waals surface area contributed by atoms with Crippen LogP contribution in [0.3, 0.4) is 0 Å². The van der Waals surface area contributed by atoms with Gasteiger partial charge in [-0.1, -0.05) is 251 Å². The molecule has 0 aliphatic rings. The van der Waals surface area contributed by atoms with Gasteiger partial charge in [-0.25, -0.2) is 0 Å². The van der Waals surface area contributed by atoms with Crippen molar-refractivity contribution in [2.75, 3.05) is 13.2 Å². The number of rotatable bonds is 56. The van der Waals surface area contributed by atoms with Gasteiger partial charge < -0.3 is 14.2 Å². The molecule has 0 N–H and O–H groups in total. The zero-order valence-corrected chi connectivity index (χ0v) is 49.9. The van der Waals surface area contributed by atoms with Crippen molar-refractivity contribution in [3.63, 3.8) is 0 Å². The minimum atomic E-state index is -0.793. The lowest BCUT2D eigenvalue weighted by atomic mass is 10.1. The van der Waals surface area contributed by atoms with Crippen molar-refractivity contribution >= 4 is 17.9 Å². The molecule has 0 rings (SSSR count). The lowest BCUT2D eigenvalue weighted by Gasteiger charge is -2.18. The summed E-state index contributed by atoms with van der Waals surface area (Å²) in [5, 5.41) is 0. The van der Waals surface area contributed by atoms with Gasteiger partial charge in [-0.15, -0.1) is 0 Å². The fourth-order valence-corrected chi connectivity index (χ4v) is 8.36. The molecular formula is C71H116O6. The van der Waals surface area contributed by atoms with Crippen LogP contribution in [-0.4, -0.2) is 37.2 Å². The molecule has 0 heterocycles. The van der Waals surface area contributed by atoms with Crippen LogP contribution in [0.2, 0.25) is 0 Å². The van der Waals surface area contributed by atoms with Crippen LogP contribution in [0, 0.1) is 0 Å².